The highest BCUT2D eigenvalue weighted by Crippen LogP contribution is 2.25. The first kappa shape index (κ1) is 16.9. The van der Waals surface area contributed by atoms with Crippen LogP contribution in [-0.4, -0.2) is 57.7 Å². The van der Waals surface area contributed by atoms with Gasteiger partial charge in [0.1, 0.15) is 0 Å². The van der Waals surface area contributed by atoms with Crippen LogP contribution in [0.2, 0.25) is 10.0 Å². The van der Waals surface area contributed by atoms with E-state index in [1.54, 1.807) is 30.8 Å². The molecule has 2 aromatic heterocycles. The van der Waals surface area contributed by atoms with Crippen LogP contribution in [0.1, 0.15) is 0 Å². The predicted molar refractivity (Wildman–Crippen MR) is 85.4 cm³/mol. The highest BCUT2D eigenvalue weighted by molar-refractivity contribution is 7.99. The molecular formula is C12H13Cl2N5O2S. The molecular weight excluding hydrogens is 349 g/mol. The van der Waals surface area contributed by atoms with Crippen LogP contribution in [0.25, 0.3) is 5.65 Å². The zero-order valence-electron chi connectivity index (χ0n) is 11.8. The lowest BCUT2D eigenvalue weighted by Gasteiger charge is -2.10. The van der Waals surface area contributed by atoms with E-state index < -0.39 is 0 Å². The maximum Gasteiger partial charge on any atom is 0.241 e. The maximum atomic E-state index is 11.7. The molecule has 0 unspecified atom stereocenters. The second kappa shape index (κ2) is 7.17. The van der Waals surface area contributed by atoms with Crippen molar-refractivity contribution in [1.29, 1.82) is 0 Å². The van der Waals surface area contributed by atoms with E-state index in [1.165, 1.54) is 16.7 Å². The number of amides is 2. The van der Waals surface area contributed by atoms with Crippen molar-refractivity contribution in [1.82, 2.24) is 24.8 Å². The van der Waals surface area contributed by atoms with Crippen molar-refractivity contribution in [3.05, 3.63) is 22.3 Å². The Labute approximate surface area is 141 Å². The van der Waals surface area contributed by atoms with Gasteiger partial charge in [-0.15, -0.1) is 10.2 Å². The minimum absolute atomic E-state index is 0.0371. The van der Waals surface area contributed by atoms with Crippen molar-refractivity contribution in [3.8, 4) is 0 Å². The number of thioether (sulfide) groups is 1. The zero-order valence-corrected chi connectivity index (χ0v) is 14.2. The number of pyridine rings is 1. The molecule has 2 amide bonds. The van der Waals surface area contributed by atoms with Gasteiger partial charge in [-0.05, 0) is 6.07 Å². The molecule has 22 heavy (non-hydrogen) atoms. The van der Waals surface area contributed by atoms with Gasteiger partial charge >= 0.3 is 0 Å². The fraction of sp³-hybridized carbons (Fsp3) is 0.333. The maximum absolute atomic E-state index is 11.7. The van der Waals surface area contributed by atoms with Crippen LogP contribution >= 0.6 is 35.0 Å². The van der Waals surface area contributed by atoms with Crippen molar-refractivity contribution in [2.24, 2.45) is 0 Å². The van der Waals surface area contributed by atoms with Crippen LogP contribution in [0, 0.1) is 0 Å². The fourth-order valence-electron chi connectivity index (χ4n) is 1.51. The van der Waals surface area contributed by atoms with Crippen molar-refractivity contribution in [2.75, 3.05) is 26.4 Å². The quantitative estimate of drug-likeness (QED) is 0.812. The second-order valence-electron chi connectivity index (χ2n) is 4.54. The molecule has 0 aliphatic rings. The number of likely N-dealkylation sites (N-methyl/N-ethyl adjacent to an activating group) is 1. The molecule has 118 valence electrons. The number of fused-ring (bicyclic) bond motifs is 1. The van der Waals surface area contributed by atoms with E-state index in [0.29, 0.717) is 20.8 Å². The van der Waals surface area contributed by atoms with Crippen molar-refractivity contribution >= 4 is 52.4 Å². The molecule has 10 heteroatoms. The Balaban J connectivity index is 1.97. The Bertz CT molecular complexity index is 719. The Kier molecular flexibility index (Phi) is 5.49. The number of nitrogens with one attached hydrogen (secondary N) is 1. The molecule has 0 saturated carbocycles. The highest BCUT2D eigenvalue weighted by atomic mass is 35.5. The molecule has 2 rings (SSSR count). The second-order valence-corrected chi connectivity index (χ2v) is 6.32. The van der Waals surface area contributed by atoms with Gasteiger partial charge in [0.15, 0.2) is 10.8 Å². The molecule has 1 N–H and O–H groups in total. The molecule has 2 aromatic rings. The number of hydrogen-bond donors (Lipinski definition) is 1. The third kappa shape index (κ3) is 4.02. The summed E-state index contributed by atoms with van der Waals surface area (Å²) in [7, 11) is 3.25. The van der Waals surface area contributed by atoms with Crippen molar-refractivity contribution < 1.29 is 9.59 Å². The number of aromatic nitrogens is 3. The van der Waals surface area contributed by atoms with Gasteiger partial charge < -0.3 is 10.2 Å². The summed E-state index contributed by atoms with van der Waals surface area (Å²) in [5.41, 5.74) is 0.469. The van der Waals surface area contributed by atoms with E-state index in [-0.39, 0.29) is 24.1 Å². The number of hydrogen-bond acceptors (Lipinski definition) is 5. The monoisotopic (exact) mass is 361 g/mol. The third-order valence-electron chi connectivity index (χ3n) is 2.66. The van der Waals surface area contributed by atoms with Crippen LogP contribution in [0.3, 0.4) is 0 Å². The minimum Gasteiger partial charge on any atom is -0.347 e. The Morgan fingerprint density at radius 3 is 2.77 bits per heavy atom. The molecule has 0 spiro atoms. The van der Waals surface area contributed by atoms with E-state index in [2.05, 4.69) is 15.5 Å². The van der Waals surface area contributed by atoms with E-state index in [9.17, 15) is 9.59 Å². The average Bonchev–Trinajstić information content (AvgIpc) is 2.85. The van der Waals surface area contributed by atoms with Gasteiger partial charge in [0.2, 0.25) is 11.8 Å². The van der Waals surface area contributed by atoms with Gasteiger partial charge in [-0.2, -0.15) is 0 Å². The Morgan fingerprint density at radius 1 is 1.36 bits per heavy atom. The molecule has 7 nitrogen and oxygen atoms in total. The molecule has 0 saturated heterocycles. The highest BCUT2D eigenvalue weighted by Gasteiger charge is 2.13. The predicted octanol–water partition coefficient (Wildman–Crippen LogP) is 1.33. The first-order valence-electron chi connectivity index (χ1n) is 6.18. The summed E-state index contributed by atoms with van der Waals surface area (Å²) in [6.07, 6.45) is 1.62. The molecule has 0 fully saturated rings. The van der Waals surface area contributed by atoms with E-state index in [1.807, 2.05) is 0 Å². The summed E-state index contributed by atoms with van der Waals surface area (Å²) >= 11 is 13.1. The summed E-state index contributed by atoms with van der Waals surface area (Å²) in [5, 5.41) is 11.8. The third-order valence-corrected chi connectivity index (χ3v) is 4.09. The molecule has 0 aromatic carbocycles. The van der Waals surface area contributed by atoms with Gasteiger partial charge in [0, 0.05) is 20.3 Å². The lowest BCUT2D eigenvalue weighted by atomic mass is 10.5. The molecule has 0 aliphatic heterocycles. The van der Waals surface area contributed by atoms with Crippen molar-refractivity contribution in [3.63, 3.8) is 0 Å². The summed E-state index contributed by atoms with van der Waals surface area (Å²) < 4.78 is 1.62. The lowest BCUT2D eigenvalue weighted by Crippen LogP contribution is -2.37. The van der Waals surface area contributed by atoms with Gasteiger partial charge in [-0.3, -0.25) is 14.0 Å². The Morgan fingerprint density at radius 2 is 2.09 bits per heavy atom. The number of carbonyl (C=O) groups is 2. The number of carbonyl (C=O) groups excluding carboxylic acids is 2. The summed E-state index contributed by atoms with van der Waals surface area (Å²) in [4.78, 5) is 24.5. The van der Waals surface area contributed by atoms with Gasteiger partial charge in [-0.25, -0.2) is 0 Å². The molecule has 0 bridgehead atoms. The van der Waals surface area contributed by atoms with Gasteiger partial charge in [-0.1, -0.05) is 35.0 Å². The fourth-order valence-corrected chi connectivity index (χ4v) is 2.76. The minimum atomic E-state index is -0.273. The van der Waals surface area contributed by atoms with Crippen LogP contribution < -0.4 is 5.32 Å². The topological polar surface area (TPSA) is 79.6 Å². The van der Waals surface area contributed by atoms with Crippen molar-refractivity contribution in [2.45, 2.75) is 5.16 Å². The first-order valence-corrected chi connectivity index (χ1v) is 7.92. The molecule has 0 atom stereocenters. The summed E-state index contributed by atoms with van der Waals surface area (Å²) in [5.74, 6) is -0.346. The SMILES string of the molecule is CN(C)C(=O)CNC(=O)CSc1nnc2c(Cl)cc(Cl)cn12. The zero-order chi connectivity index (χ0) is 16.3. The van der Waals surface area contributed by atoms with E-state index in [0.717, 1.165) is 0 Å². The van der Waals surface area contributed by atoms with Crippen LogP contribution in [0.5, 0.6) is 0 Å². The molecule has 2 heterocycles. The average molecular weight is 362 g/mol. The van der Waals surface area contributed by atoms with Crippen LogP contribution in [0.4, 0.5) is 0 Å². The summed E-state index contributed by atoms with van der Waals surface area (Å²) in [6.45, 7) is -0.0371. The lowest BCUT2D eigenvalue weighted by molar-refractivity contribution is -0.130. The number of rotatable bonds is 5. The summed E-state index contributed by atoms with van der Waals surface area (Å²) in [6, 6.07) is 1.57. The largest absolute Gasteiger partial charge is 0.347 e. The van der Waals surface area contributed by atoms with E-state index >= 15 is 0 Å². The smallest absolute Gasteiger partial charge is 0.241 e. The normalized spacial score (nSPS) is 10.7. The van der Waals surface area contributed by atoms with Gasteiger partial charge in [0.25, 0.3) is 0 Å². The van der Waals surface area contributed by atoms with Gasteiger partial charge in [0.05, 0.1) is 22.3 Å². The standard InChI is InChI=1S/C12H13Cl2N5O2S/c1-18(2)10(21)4-15-9(20)6-22-12-17-16-11-8(14)3-7(13)5-19(11)12/h3,5H,4,6H2,1-2H3,(H,15,20). The number of halogens is 2. The van der Waals surface area contributed by atoms with Crippen LogP contribution in [0.15, 0.2) is 17.4 Å². The first-order chi connectivity index (χ1) is 10.4. The molecule has 0 aliphatic carbocycles. The van der Waals surface area contributed by atoms with Crippen LogP contribution in [-0.2, 0) is 9.59 Å². The number of nitrogens with zero attached hydrogens (tertiary/aromatic N) is 4. The Hall–Kier alpha value is -1.51. The molecule has 0 radical (unpaired) electrons. The van der Waals surface area contributed by atoms with E-state index in [4.69, 9.17) is 23.2 Å².